The van der Waals surface area contributed by atoms with E-state index in [0.29, 0.717) is 0 Å². The van der Waals surface area contributed by atoms with E-state index in [0.717, 1.165) is 0 Å². The smallest absolute Gasteiger partial charge is 0.284 e. The van der Waals surface area contributed by atoms with Gasteiger partial charge in [-0.1, -0.05) is 0 Å². The van der Waals surface area contributed by atoms with E-state index < -0.39 is 56.8 Å². The van der Waals surface area contributed by atoms with Gasteiger partial charge in [-0.25, -0.2) is 0 Å². The molecule has 130 valence electrons. The molecule has 85 heteroatoms. The van der Waals surface area contributed by atoms with Crippen LogP contribution in [0.1, 0.15) is 0 Å². The SMILES string of the molecule is O=S(O)O.O=S(O)O.O=S(O)O.O=S(O)O.O=S(O)O.[K+].[K+].[K+].[K+].[K+].[K+].[K+].[K+].[K+].[K+].[K+].[K+].[K+].[K+].[K+].[K+].[K+].[K+].[K+].[K+].[K+].[K+].[K+].[K+].[K+].[K+].[K+].[K+].[K+].[K+].[K+].[K+].[K+].[K+].[K+].[K+].[K+].[K+].[K+].[K+].[K+].[K+].[K+].[K+].[K+].[K+].[K+].[K+].[K+].[K+].[K+].[K+].[K+].[K+].[K+].[K+].[K+].[K+].[K+].[K+].[K+].[K+].[K+].[K+].[K+]. The van der Waals surface area contributed by atoms with E-state index in [2.05, 4.69) is 0 Å². The molecule has 0 unspecified atom stereocenters. The Bertz CT molecular complexity index is 268. The molecule has 0 aliphatic carbocycles. The van der Waals surface area contributed by atoms with Gasteiger partial charge in [-0.2, -0.15) is 21.0 Å². The van der Waals surface area contributed by atoms with Crippen LogP contribution in [-0.4, -0.2) is 66.6 Å². The maximum absolute atomic E-state index is 8.67. The summed E-state index contributed by atoms with van der Waals surface area (Å²) < 4.78 is 114. The zero-order valence-corrected chi connectivity index (χ0v) is 281. The predicted molar refractivity (Wildman–Crippen MR) is 67.0 cm³/mol. The second-order valence-electron chi connectivity index (χ2n) is 1.15. The van der Waals surface area contributed by atoms with Gasteiger partial charge in [0.25, 0.3) is 56.8 Å². The molecule has 0 atom stereocenters. The molecule has 0 spiro atoms. The molecule has 0 saturated carbocycles. The van der Waals surface area contributed by atoms with Crippen molar-refractivity contribution < 1.29 is 3410 Å². The van der Waals surface area contributed by atoms with Crippen LogP contribution < -0.4 is 3340 Å². The first kappa shape index (κ1) is 471. The average Bonchev–Trinajstić information content (AvgIpc) is 1.94. The summed E-state index contributed by atoms with van der Waals surface area (Å²) in [5, 5.41) is 0. The largest absolute Gasteiger partial charge is 1.00 e. The molecule has 0 aliphatic heterocycles. The van der Waals surface area contributed by atoms with E-state index in [1.807, 2.05) is 0 Å². The molecule has 0 rings (SSSR count). The monoisotopic (exact) mass is 2940 g/mol. The molecular formula is H10K65O15S5+65. The van der Waals surface area contributed by atoms with Gasteiger partial charge in [-0.3, -0.25) is 45.5 Å². The fraction of sp³-hybridized carbons (Fsp3) is 0. The van der Waals surface area contributed by atoms with Gasteiger partial charge in [-0.15, -0.1) is 0 Å². The molecule has 0 aromatic carbocycles. The molecule has 10 N–H and O–H groups in total. The van der Waals surface area contributed by atoms with Gasteiger partial charge in [0.2, 0.25) is 0 Å². The molecule has 85 heavy (non-hydrogen) atoms. The standard InChI is InChI=1S/65K.5H2O3S/c;;;;;;;;;;;;;;;;;;;;;;;;;;;;;;;;;;;;;;;;;;;;;;;;;;;;;;;;;;;;;;;;;5*1-4(2)3/h;;;;;;;;;;;;;;;;;;;;;;;;;;;;;;;;;;;;;;;;;;;;;;;;;;;;;;;;;;;;;;;;;5*(H2,1,2,3)/q65*+1;;;;;. The zero-order chi connectivity index (χ0) is 17.9. The Labute approximate surface area is 3300 Å². The maximum Gasteiger partial charge on any atom is 1.00 e. The van der Waals surface area contributed by atoms with Crippen molar-refractivity contribution >= 4 is 56.8 Å². The third kappa shape index (κ3) is 596. The van der Waals surface area contributed by atoms with Crippen molar-refractivity contribution in [3.8, 4) is 0 Å². The fourth-order valence-electron chi connectivity index (χ4n) is 0. The minimum atomic E-state index is -2.61. The van der Waals surface area contributed by atoms with Crippen LogP contribution in [0.2, 0.25) is 0 Å². The minimum absolute atomic E-state index is 0. The molecule has 15 nitrogen and oxygen atoms in total. The van der Waals surface area contributed by atoms with Crippen LogP contribution in [0.25, 0.3) is 0 Å². The van der Waals surface area contributed by atoms with E-state index in [9.17, 15) is 0 Å². The molecule has 0 bridgehead atoms. The molecule has 0 heterocycles. The first-order valence-electron chi connectivity index (χ1n) is 2.66. The van der Waals surface area contributed by atoms with Crippen molar-refractivity contribution in [3.63, 3.8) is 0 Å². The molecule has 0 aromatic rings. The second kappa shape index (κ2) is 463. The molecular weight excluding hydrogens is 2940 g/mol. The summed E-state index contributed by atoms with van der Waals surface area (Å²) in [6, 6.07) is 0. The van der Waals surface area contributed by atoms with Gasteiger partial charge in [-0.05, 0) is 0 Å². The normalized spacial score (nSPS) is 2.06. The van der Waals surface area contributed by atoms with Gasteiger partial charge in [0.1, 0.15) is 0 Å². The Morgan fingerprint density at radius 1 is 0.0824 bits per heavy atom. The van der Waals surface area contributed by atoms with Crippen LogP contribution in [-0.2, 0) is 56.8 Å². The van der Waals surface area contributed by atoms with Crippen LogP contribution in [0.15, 0.2) is 0 Å². The van der Waals surface area contributed by atoms with E-state index in [-0.39, 0.29) is 3340 Å². The summed E-state index contributed by atoms with van der Waals surface area (Å²) in [5.41, 5.74) is 0. The van der Waals surface area contributed by atoms with Gasteiger partial charge in [0, 0.05) is 0 Å². The number of hydrogen-bond donors (Lipinski definition) is 10. The van der Waals surface area contributed by atoms with Crippen molar-refractivity contribution in [2.45, 2.75) is 0 Å². The van der Waals surface area contributed by atoms with Crippen LogP contribution in [0.3, 0.4) is 0 Å². The van der Waals surface area contributed by atoms with Crippen molar-refractivity contribution in [1.29, 1.82) is 0 Å². The summed E-state index contributed by atoms with van der Waals surface area (Å²) in [7, 11) is 0. The predicted octanol–water partition coefficient (Wildman–Crippen LogP) is -196. The van der Waals surface area contributed by atoms with E-state index in [4.69, 9.17) is 66.6 Å². The van der Waals surface area contributed by atoms with E-state index >= 15 is 0 Å². The molecule has 0 aliphatic rings. The molecule has 0 aromatic heterocycles. The quantitative estimate of drug-likeness (QED) is 0.0797. The van der Waals surface area contributed by atoms with Gasteiger partial charge < -0.3 is 0 Å². The minimum Gasteiger partial charge on any atom is -0.284 e. The molecule has 0 radical (unpaired) electrons. The summed E-state index contributed by atoms with van der Waals surface area (Å²) in [4.78, 5) is 0. The van der Waals surface area contributed by atoms with Crippen molar-refractivity contribution in [3.05, 3.63) is 0 Å². The summed E-state index contributed by atoms with van der Waals surface area (Å²) >= 11 is -13.1. The number of rotatable bonds is 0. The Balaban J connectivity index is -0.000000000408. The Morgan fingerprint density at radius 3 is 0.0824 bits per heavy atom. The summed E-state index contributed by atoms with van der Waals surface area (Å²) in [6.45, 7) is 0. The third-order valence-electron chi connectivity index (χ3n) is 0. The van der Waals surface area contributed by atoms with Crippen molar-refractivity contribution in [1.82, 2.24) is 0 Å². The Kier molecular flexibility index (Phi) is 2570. The van der Waals surface area contributed by atoms with Gasteiger partial charge in [0.15, 0.2) is 0 Å². The summed E-state index contributed by atoms with van der Waals surface area (Å²) in [6.07, 6.45) is 0. The average molecular weight is 2950 g/mol. The topological polar surface area (TPSA) is 288 Å². The Hall–Kier alpha value is 107. The maximum atomic E-state index is 8.67. The van der Waals surface area contributed by atoms with E-state index in [1.54, 1.807) is 0 Å². The second-order valence-corrected chi connectivity index (χ2v) is 3.46. The van der Waals surface area contributed by atoms with Gasteiger partial charge >= 0.3 is 3340 Å². The zero-order valence-electron chi connectivity index (χ0n) is 73.6. The van der Waals surface area contributed by atoms with E-state index in [1.165, 1.54) is 0 Å². The van der Waals surface area contributed by atoms with Crippen molar-refractivity contribution in [2.24, 2.45) is 0 Å². The first-order valence-corrected chi connectivity index (χ1v) is 7.98. The Morgan fingerprint density at radius 2 is 0.0824 bits per heavy atom. The summed E-state index contributed by atoms with van der Waals surface area (Å²) in [5.74, 6) is 0. The van der Waals surface area contributed by atoms with Crippen molar-refractivity contribution in [2.75, 3.05) is 0 Å². The third-order valence-corrected chi connectivity index (χ3v) is 0. The first-order chi connectivity index (χ1) is 8.66. The van der Waals surface area contributed by atoms with Crippen LogP contribution in [0, 0.1) is 0 Å². The number of hydrogen-bond acceptors (Lipinski definition) is 5. The van der Waals surface area contributed by atoms with Crippen LogP contribution in [0.4, 0.5) is 0 Å². The fourth-order valence-corrected chi connectivity index (χ4v) is 0. The molecule has 0 amide bonds. The van der Waals surface area contributed by atoms with Crippen LogP contribution >= 0.6 is 0 Å². The molecule has 0 fully saturated rings. The molecule has 0 saturated heterocycles. The van der Waals surface area contributed by atoms with Crippen LogP contribution in [0.5, 0.6) is 0 Å². The van der Waals surface area contributed by atoms with Gasteiger partial charge in [0.05, 0.1) is 0 Å².